The SMILES string of the molecule is C=CC(=O)NC(C)(C)CCC.O=[PH](O)O. The van der Waals surface area contributed by atoms with Crippen molar-refractivity contribution in [3.63, 3.8) is 0 Å². The van der Waals surface area contributed by atoms with Crippen molar-refractivity contribution in [1.82, 2.24) is 5.32 Å². The fourth-order valence-electron chi connectivity index (χ4n) is 1.07. The van der Waals surface area contributed by atoms with E-state index in [2.05, 4.69) is 18.8 Å². The van der Waals surface area contributed by atoms with Crippen LogP contribution < -0.4 is 5.32 Å². The van der Waals surface area contributed by atoms with Gasteiger partial charge >= 0.3 is 8.25 Å². The second kappa shape index (κ2) is 8.65. The topological polar surface area (TPSA) is 86.6 Å². The summed E-state index contributed by atoms with van der Waals surface area (Å²) in [6, 6.07) is 0. The summed E-state index contributed by atoms with van der Waals surface area (Å²) in [7, 11) is -3.13. The molecule has 0 aliphatic rings. The van der Waals surface area contributed by atoms with E-state index in [0.717, 1.165) is 12.8 Å². The van der Waals surface area contributed by atoms with E-state index in [1.165, 1.54) is 6.08 Å². The van der Waals surface area contributed by atoms with Gasteiger partial charge in [-0.05, 0) is 26.3 Å². The molecule has 0 aromatic heterocycles. The molecule has 1 amide bonds. The smallest absolute Gasteiger partial charge is 0.314 e. The first kappa shape index (κ1) is 16.8. The van der Waals surface area contributed by atoms with Crippen LogP contribution in [0, 0.1) is 0 Å². The van der Waals surface area contributed by atoms with Crippen LogP contribution in [-0.2, 0) is 9.36 Å². The maximum Gasteiger partial charge on any atom is 0.314 e. The second-order valence-corrected chi connectivity index (χ2v) is 4.17. The third-order valence-electron chi connectivity index (χ3n) is 1.52. The Morgan fingerprint density at radius 2 is 1.93 bits per heavy atom. The van der Waals surface area contributed by atoms with E-state index in [4.69, 9.17) is 14.4 Å². The van der Waals surface area contributed by atoms with Crippen molar-refractivity contribution in [2.24, 2.45) is 0 Å². The Balaban J connectivity index is 0. The molecule has 0 aromatic rings. The van der Waals surface area contributed by atoms with Crippen LogP contribution in [0.25, 0.3) is 0 Å². The summed E-state index contributed by atoms with van der Waals surface area (Å²) in [6.07, 6.45) is 3.37. The van der Waals surface area contributed by atoms with Gasteiger partial charge in [0.2, 0.25) is 5.91 Å². The molecule has 0 unspecified atom stereocenters. The summed E-state index contributed by atoms with van der Waals surface area (Å²) in [4.78, 5) is 25.2. The summed E-state index contributed by atoms with van der Waals surface area (Å²) in [5.41, 5.74) is -0.0972. The van der Waals surface area contributed by atoms with Crippen LogP contribution >= 0.6 is 8.25 Å². The molecule has 0 heterocycles. The first-order chi connectivity index (χ1) is 6.75. The maximum absolute atomic E-state index is 10.9. The molecule has 15 heavy (non-hydrogen) atoms. The van der Waals surface area contributed by atoms with Crippen molar-refractivity contribution < 1.29 is 19.1 Å². The zero-order chi connectivity index (χ0) is 12.5. The van der Waals surface area contributed by atoms with Crippen LogP contribution in [0.3, 0.4) is 0 Å². The van der Waals surface area contributed by atoms with Crippen LogP contribution in [0.5, 0.6) is 0 Å². The Morgan fingerprint density at radius 1 is 1.53 bits per heavy atom. The Labute approximate surface area is 91.2 Å². The van der Waals surface area contributed by atoms with Gasteiger partial charge in [-0.25, -0.2) is 0 Å². The molecular weight excluding hydrogens is 217 g/mol. The van der Waals surface area contributed by atoms with Crippen LogP contribution in [-0.4, -0.2) is 21.2 Å². The number of nitrogens with one attached hydrogen (secondary N) is 1. The number of hydrogen-bond acceptors (Lipinski definition) is 2. The van der Waals surface area contributed by atoms with E-state index in [1.807, 2.05) is 13.8 Å². The van der Waals surface area contributed by atoms with Crippen molar-refractivity contribution in [1.29, 1.82) is 0 Å². The fraction of sp³-hybridized carbons (Fsp3) is 0.667. The van der Waals surface area contributed by atoms with Gasteiger partial charge in [0, 0.05) is 5.54 Å². The van der Waals surface area contributed by atoms with Crippen molar-refractivity contribution >= 4 is 14.2 Å². The Morgan fingerprint density at radius 3 is 2.20 bits per heavy atom. The Hall–Kier alpha value is -0.640. The van der Waals surface area contributed by atoms with Gasteiger partial charge < -0.3 is 15.1 Å². The average Bonchev–Trinajstić information content (AvgIpc) is 2.01. The molecule has 3 N–H and O–H groups in total. The highest BCUT2D eigenvalue weighted by molar-refractivity contribution is 7.30. The molecule has 0 saturated carbocycles. The molecular formula is C9H20NO4P. The molecule has 0 saturated heterocycles. The maximum atomic E-state index is 10.9. The molecule has 0 fully saturated rings. The van der Waals surface area contributed by atoms with E-state index in [0.29, 0.717) is 0 Å². The van der Waals surface area contributed by atoms with E-state index in [9.17, 15) is 4.79 Å². The third kappa shape index (κ3) is 16.1. The lowest BCUT2D eigenvalue weighted by molar-refractivity contribution is -0.118. The van der Waals surface area contributed by atoms with Gasteiger partial charge in [0.05, 0.1) is 0 Å². The molecule has 0 bridgehead atoms. The van der Waals surface area contributed by atoms with Gasteiger partial charge in [-0.3, -0.25) is 9.36 Å². The third-order valence-corrected chi connectivity index (χ3v) is 1.52. The highest BCUT2D eigenvalue weighted by atomic mass is 31.1. The normalized spacial score (nSPS) is 10.3. The lowest BCUT2D eigenvalue weighted by atomic mass is 9.99. The molecule has 5 nitrogen and oxygen atoms in total. The predicted molar refractivity (Wildman–Crippen MR) is 60.8 cm³/mol. The van der Waals surface area contributed by atoms with Crippen LogP contribution in [0.15, 0.2) is 12.7 Å². The van der Waals surface area contributed by atoms with Crippen LogP contribution in [0.1, 0.15) is 33.6 Å². The number of rotatable bonds is 4. The molecule has 0 aliphatic heterocycles. The molecule has 0 rings (SSSR count). The van der Waals surface area contributed by atoms with E-state index in [-0.39, 0.29) is 11.4 Å². The van der Waals surface area contributed by atoms with E-state index in [1.54, 1.807) is 0 Å². The minimum Gasteiger partial charge on any atom is -0.348 e. The Bertz CT molecular complexity index is 224. The molecule has 0 aliphatic carbocycles. The quantitative estimate of drug-likeness (QED) is 0.507. The minimum absolute atomic E-state index is 0.0940. The monoisotopic (exact) mass is 237 g/mol. The van der Waals surface area contributed by atoms with Gasteiger partial charge in [-0.1, -0.05) is 19.9 Å². The first-order valence-electron chi connectivity index (χ1n) is 4.61. The zero-order valence-corrected chi connectivity index (χ0v) is 10.4. The number of carbonyl (C=O) groups is 1. The van der Waals surface area contributed by atoms with Gasteiger partial charge in [-0.2, -0.15) is 0 Å². The van der Waals surface area contributed by atoms with Crippen molar-refractivity contribution in [3.8, 4) is 0 Å². The molecule has 0 radical (unpaired) electrons. The van der Waals surface area contributed by atoms with Gasteiger partial charge in [0.1, 0.15) is 0 Å². The van der Waals surface area contributed by atoms with Gasteiger partial charge in [-0.15, -0.1) is 0 Å². The zero-order valence-electron chi connectivity index (χ0n) is 9.41. The van der Waals surface area contributed by atoms with Crippen molar-refractivity contribution in [3.05, 3.63) is 12.7 Å². The summed E-state index contributed by atoms with van der Waals surface area (Å²) < 4.78 is 8.74. The largest absolute Gasteiger partial charge is 0.348 e. The van der Waals surface area contributed by atoms with Gasteiger partial charge in [0.25, 0.3) is 0 Å². The highest BCUT2D eigenvalue weighted by Crippen LogP contribution is 2.09. The predicted octanol–water partition coefficient (Wildman–Crippen LogP) is 1.23. The fourth-order valence-corrected chi connectivity index (χ4v) is 1.07. The summed E-state index contributed by atoms with van der Waals surface area (Å²) in [5, 5.41) is 2.85. The summed E-state index contributed by atoms with van der Waals surface area (Å²) in [6.45, 7) is 9.52. The second-order valence-electron chi connectivity index (χ2n) is 3.61. The lowest BCUT2D eigenvalue weighted by Gasteiger charge is -2.24. The minimum atomic E-state index is -3.13. The molecule has 6 heteroatoms. The summed E-state index contributed by atoms with van der Waals surface area (Å²) in [5.74, 6) is -0.0940. The van der Waals surface area contributed by atoms with Crippen LogP contribution in [0.2, 0.25) is 0 Å². The average molecular weight is 237 g/mol. The number of amides is 1. The first-order valence-corrected chi connectivity index (χ1v) is 5.92. The van der Waals surface area contributed by atoms with Crippen LogP contribution in [0.4, 0.5) is 0 Å². The lowest BCUT2D eigenvalue weighted by Crippen LogP contribution is -2.42. The van der Waals surface area contributed by atoms with E-state index < -0.39 is 8.25 Å². The molecule has 0 aromatic carbocycles. The van der Waals surface area contributed by atoms with Gasteiger partial charge in [0.15, 0.2) is 0 Å². The Kier molecular flexibility index (Phi) is 9.68. The molecule has 0 spiro atoms. The van der Waals surface area contributed by atoms with Crippen molar-refractivity contribution in [2.75, 3.05) is 0 Å². The highest BCUT2D eigenvalue weighted by Gasteiger charge is 2.16. The number of hydrogen-bond donors (Lipinski definition) is 3. The van der Waals surface area contributed by atoms with E-state index >= 15 is 0 Å². The number of carbonyl (C=O) groups excluding carboxylic acids is 1. The molecule has 0 atom stereocenters. The van der Waals surface area contributed by atoms with Crippen molar-refractivity contribution in [2.45, 2.75) is 39.2 Å². The molecule has 90 valence electrons. The summed E-state index contributed by atoms with van der Waals surface area (Å²) >= 11 is 0. The standard InChI is InChI=1S/C9H17NO.H3O3P/c1-5-7-9(3,4)10-8(11)6-2;1-4(2)3/h6H,2,5,7H2,1,3-4H3,(H,10,11);4H,(H2,1,2,3).